The number of rotatable bonds is 8. The van der Waals surface area contributed by atoms with Crippen LogP contribution >= 0.6 is 0 Å². The smallest absolute Gasteiger partial charge is 0.217 e. The second-order valence-electron chi connectivity index (χ2n) is 9.79. The van der Waals surface area contributed by atoms with Gasteiger partial charge in [-0.25, -0.2) is 0 Å². The van der Waals surface area contributed by atoms with Crippen LogP contribution in [0.2, 0.25) is 0 Å². The molecule has 0 aromatic heterocycles. The summed E-state index contributed by atoms with van der Waals surface area (Å²) in [4.78, 5) is 23.3. The summed E-state index contributed by atoms with van der Waals surface area (Å²) in [6.45, 7) is 2.32. The predicted octanol–water partition coefficient (Wildman–Crippen LogP) is -6.26. The lowest BCUT2D eigenvalue weighted by molar-refractivity contribution is -0.360. The minimum atomic E-state index is -1.84. The molecule has 0 saturated carbocycles. The first-order valence-corrected chi connectivity index (χ1v) is 12.4. The van der Waals surface area contributed by atoms with Gasteiger partial charge >= 0.3 is 0 Å². The highest BCUT2D eigenvalue weighted by atomic mass is 16.7. The van der Waals surface area contributed by atoms with E-state index in [9.17, 15) is 50.4 Å². The summed E-state index contributed by atoms with van der Waals surface area (Å²) in [6.07, 6.45) is -19.7. The van der Waals surface area contributed by atoms with Crippen LogP contribution in [0.1, 0.15) is 20.8 Å². The molecule has 10 N–H and O–H groups in total. The molecular weight excluding hydrogens is 532 g/mol. The van der Waals surface area contributed by atoms with E-state index >= 15 is 0 Å². The number of ether oxygens (including phenoxy) is 5. The van der Waals surface area contributed by atoms with Crippen LogP contribution in [0.5, 0.6) is 0 Å². The lowest BCUT2D eigenvalue weighted by Crippen LogP contribution is -2.68. The van der Waals surface area contributed by atoms with Crippen molar-refractivity contribution in [2.45, 2.75) is 113 Å². The number of hydrogen-bond donors (Lipinski definition) is 10. The average molecular weight is 571 g/mol. The van der Waals surface area contributed by atoms with Gasteiger partial charge < -0.3 is 75.2 Å². The summed E-state index contributed by atoms with van der Waals surface area (Å²) in [6, 6.07) is -2.66. The van der Waals surface area contributed by atoms with Gasteiger partial charge in [-0.05, 0) is 6.92 Å². The summed E-state index contributed by atoms with van der Waals surface area (Å²) in [5.74, 6) is -1.20. The number of aliphatic hydroxyl groups is 8. The molecule has 0 aliphatic carbocycles. The summed E-state index contributed by atoms with van der Waals surface area (Å²) in [5.41, 5.74) is 0. The third-order valence-electron chi connectivity index (χ3n) is 6.85. The molecule has 0 spiro atoms. The van der Waals surface area contributed by atoms with Crippen molar-refractivity contribution < 1.29 is 74.1 Å². The lowest BCUT2D eigenvalue weighted by atomic mass is 9.95. The third-order valence-corrected chi connectivity index (χ3v) is 6.85. The highest BCUT2D eigenvalue weighted by molar-refractivity contribution is 5.73. The van der Waals surface area contributed by atoms with Crippen LogP contribution < -0.4 is 10.6 Å². The van der Waals surface area contributed by atoms with Crippen LogP contribution in [-0.4, -0.2) is 158 Å². The van der Waals surface area contributed by atoms with Gasteiger partial charge in [0.1, 0.15) is 67.0 Å². The zero-order chi connectivity index (χ0) is 29.2. The summed E-state index contributed by atoms with van der Waals surface area (Å²) < 4.78 is 27.8. The Morgan fingerprint density at radius 3 is 1.77 bits per heavy atom. The van der Waals surface area contributed by atoms with Gasteiger partial charge in [0.05, 0.1) is 19.3 Å². The second kappa shape index (κ2) is 13.4. The van der Waals surface area contributed by atoms with Gasteiger partial charge in [0.2, 0.25) is 11.8 Å². The van der Waals surface area contributed by atoms with E-state index in [-0.39, 0.29) is 0 Å². The Morgan fingerprint density at radius 1 is 0.667 bits per heavy atom. The Kier molecular flexibility index (Phi) is 11.0. The van der Waals surface area contributed by atoms with Gasteiger partial charge in [-0.3, -0.25) is 9.59 Å². The van der Waals surface area contributed by atoms with Crippen LogP contribution in [0.3, 0.4) is 0 Å². The van der Waals surface area contributed by atoms with Crippen molar-refractivity contribution in [2.24, 2.45) is 0 Å². The van der Waals surface area contributed by atoms with Crippen molar-refractivity contribution in [3.8, 4) is 0 Å². The Bertz CT molecular complexity index is 837. The molecule has 3 fully saturated rings. The molecule has 0 bridgehead atoms. The van der Waals surface area contributed by atoms with Gasteiger partial charge in [0.25, 0.3) is 0 Å². The first kappa shape index (κ1) is 31.9. The number of amides is 2. The molecule has 0 radical (unpaired) electrons. The van der Waals surface area contributed by atoms with Crippen molar-refractivity contribution in [1.29, 1.82) is 0 Å². The van der Waals surface area contributed by atoms with Gasteiger partial charge in [-0.2, -0.15) is 0 Å². The van der Waals surface area contributed by atoms with E-state index in [1.165, 1.54) is 6.92 Å². The highest BCUT2D eigenvalue weighted by Crippen LogP contribution is 2.32. The highest BCUT2D eigenvalue weighted by Gasteiger charge is 2.53. The molecule has 0 aromatic rings. The first-order valence-electron chi connectivity index (χ1n) is 12.4. The van der Waals surface area contributed by atoms with Crippen molar-refractivity contribution in [2.75, 3.05) is 13.2 Å². The topological polar surface area (TPSA) is 266 Å². The van der Waals surface area contributed by atoms with Gasteiger partial charge in [-0.15, -0.1) is 0 Å². The summed E-state index contributed by atoms with van der Waals surface area (Å²) >= 11 is 0. The van der Waals surface area contributed by atoms with Crippen LogP contribution in [0.15, 0.2) is 0 Å². The molecular formula is C22H38N2O15. The molecule has 3 aliphatic heterocycles. The molecule has 17 heteroatoms. The fourth-order valence-corrected chi connectivity index (χ4v) is 4.84. The Balaban J connectivity index is 1.77. The zero-order valence-corrected chi connectivity index (χ0v) is 21.5. The summed E-state index contributed by atoms with van der Waals surface area (Å²) in [5, 5.41) is 87.0. The molecule has 3 heterocycles. The standard InChI is InChI=1S/C22H38N2O15/c1-6-18(38-21-11(23-7(2)27)15(31)13(29)9(4-25)37-21)16(32)17(33)22(35-6)39-19-12(24-8(3)28)20(34)36-10(5-26)14(19)30/h6,9-22,25-26,29-34H,4-5H2,1-3H3,(H,23,27)(H,24,28)/t6-,9+,10+,11+,12+,13+,14+,15+,16-,17-,18+,19+,20?,21?,22-/m0/s1. The van der Waals surface area contributed by atoms with E-state index in [0.29, 0.717) is 0 Å². The lowest BCUT2D eigenvalue weighted by Gasteiger charge is -2.48. The Hall–Kier alpha value is -1.58. The molecule has 3 rings (SSSR count). The molecule has 15 atom stereocenters. The molecule has 2 unspecified atom stereocenters. The predicted molar refractivity (Wildman–Crippen MR) is 123 cm³/mol. The van der Waals surface area contributed by atoms with E-state index in [2.05, 4.69) is 10.6 Å². The van der Waals surface area contributed by atoms with Crippen molar-refractivity contribution in [1.82, 2.24) is 10.6 Å². The van der Waals surface area contributed by atoms with Crippen molar-refractivity contribution in [3.63, 3.8) is 0 Å². The quantitative estimate of drug-likeness (QED) is 0.130. The number of hydrogen-bond acceptors (Lipinski definition) is 15. The SMILES string of the molecule is CC(=O)N[C@H]1C(O[C@H]2[C@@H](O)[C@H](O)[C@H](O[C@H]3[C@H](O)[C@@H](CO)OC(O)[C@@H]3NC(C)=O)O[C@H]2C)O[C@H](CO)[C@@H](O)[C@@H]1O. The molecule has 226 valence electrons. The fourth-order valence-electron chi connectivity index (χ4n) is 4.84. The van der Waals surface area contributed by atoms with Gasteiger partial charge in [0, 0.05) is 13.8 Å². The molecule has 0 aromatic carbocycles. The maximum atomic E-state index is 11.7. The Morgan fingerprint density at radius 2 is 1.21 bits per heavy atom. The second-order valence-corrected chi connectivity index (χ2v) is 9.79. The molecule has 2 amide bonds. The van der Waals surface area contributed by atoms with Crippen LogP contribution in [0, 0.1) is 0 Å². The van der Waals surface area contributed by atoms with Crippen molar-refractivity contribution in [3.05, 3.63) is 0 Å². The van der Waals surface area contributed by atoms with Crippen LogP contribution in [0.25, 0.3) is 0 Å². The van der Waals surface area contributed by atoms with Gasteiger partial charge in [-0.1, -0.05) is 0 Å². The average Bonchev–Trinajstić information content (AvgIpc) is 2.87. The minimum absolute atomic E-state index is 0.597. The normalized spacial score (nSPS) is 46.9. The van der Waals surface area contributed by atoms with E-state index in [0.717, 1.165) is 13.8 Å². The fraction of sp³-hybridized carbons (Fsp3) is 0.909. The number of carbonyl (C=O) groups excluding carboxylic acids is 2. The number of nitrogens with one attached hydrogen (secondary N) is 2. The van der Waals surface area contributed by atoms with E-state index in [4.69, 9.17) is 23.7 Å². The van der Waals surface area contributed by atoms with Crippen molar-refractivity contribution >= 4 is 11.8 Å². The molecule has 3 aliphatic rings. The van der Waals surface area contributed by atoms with E-state index in [1.54, 1.807) is 0 Å². The monoisotopic (exact) mass is 570 g/mol. The van der Waals surface area contributed by atoms with Gasteiger partial charge in [0.15, 0.2) is 18.9 Å². The third kappa shape index (κ3) is 7.02. The summed E-state index contributed by atoms with van der Waals surface area (Å²) in [7, 11) is 0. The first-order chi connectivity index (χ1) is 18.3. The van der Waals surface area contributed by atoms with Crippen LogP contribution in [0.4, 0.5) is 0 Å². The molecule has 39 heavy (non-hydrogen) atoms. The number of carbonyl (C=O) groups is 2. The molecule has 3 saturated heterocycles. The van der Waals surface area contributed by atoms with E-state index < -0.39 is 117 Å². The van der Waals surface area contributed by atoms with Crippen LogP contribution in [-0.2, 0) is 33.3 Å². The zero-order valence-electron chi connectivity index (χ0n) is 21.5. The maximum absolute atomic E-state index is 11.7. The largest absolute Gasteiger partial charge is 0.394 e. The minimum Gasteiger partial charge on any atom is -0.394 e. The Labute approximate surface area is 223 Å². The van der Waals surface area contributed by atoms with E-state index in [1.807, 2.05) is 0 Å². The number of aliphatic hydroxyl groups excluding tert-OH is 8. The maximum Gasteiger partial charge on any atom is 0.217 e. The molecule has 17 nitrogen and oxygen atoms in total.